The van der Waals surface area contributed by atoms with Crippen LogP contribution in [-0.2, 0) is 9.59 Å². The quantitative estimate of drug-likeness (QED) is 0.361. The lowest BCUT2D eigenvalue weighted by molar-refractivity contribution is -0.139. The predicted molar refractivity (Wildman–Crippen MR) is 127 cm³/mol. The fourth-order valence-electron chi connectivity index (χ4n) is 4.22. The summed E-state index contributed by atoms with van der Waals surface area (Å²) < 4.78 is 16.6. The monoisotopic (exact) mass is 466 g/mol. The molecule has 8 heteroatoms. The molecule has 2 aromatic carbocycles. The first-order valence-electron chi connectivity index (χ1n) is 11.4. The number of ether oxygens (including phenoxy) is 3. The maximum Gasteiger partial charge on any atom is 0.295 e. The number of carbonyl (C=O) groups is 2. The van der Waals surface area contributed by atoms with Crippen molar-refractivity contribution < 1.29 is 28.9 Å². The molecule has 0 radical (unpaired) electrons. The van der Waals surface area contributed by atoms with Crippen LogP contribution in [0.1, 0.15) is 37.4 Å². The maximum absolute atomic E-state index is 13.2. The van der Waals surface area contributed by atoms with E-state index < -0.39 is 17.7 Å². The third kappa shape index (κ3) is 4.72. The average Bonchev–Trinajstić information content (AvgIpc) is 3.36. The lowest BCUT2D eigenvalue weighted by Gasteiger charge is -2.26. The zero-order valence-electron chi connectivity index (χ0n) is 19.9. The summed E-state index contributed by atoms with van der Waals surface area (Å²) in [6.45, 7) is 5.11. The summed E-state index contributed by atoms with van der Waals surface area (Å²) >= 11 is 0. The molecule has 4 rings (SSSR count). The van der Waals surface area contributed by atoms with Crippen molar-refractivity contribution in [2.75, 3.05) is 34.0 Å². The fraction of sp³-hybridized carbons (Fsp3) is 0.385. The van der Waals surface area contributed by atoms with E-state index in [1.54, 1.807) is 42.5 Å². The molecule has 0 aliphatic carbocycles. The molecule has 8 nitrogen and oxygen atoms in total. The van der Waals surface area contributed by atoms with Crippen molar-refractivity contribution in [1.82, 2.24) is 9.80 Å². The minimum absolute atomic E-state index is 0.0120. The zero-order chi connectivity index (χ0) is 24.4. The first-order valence-corrected chi connectivity index (χ1v) is 11.4. The van der Waals surface area contributed by atoms with Gasteiger partial charge < -0.3 is 29.1 Å². The Hall–Kier alpha value is -3.52. The molecule has 0 unspecified atom stereocenters. The highest BCUT2D eigenvalue weighted by atomic mass is 16.7. The van der Waals surface area contributed by atoms with E-state index >= 15 is 0 Å². The molecule has 180 valence electrons. The van der Waals surface area contributed by atoms with Crippen LogP contribution in [0.15, 0.2) is 48.0 Å². The van der Waals surface area contributed by atoms with E-state index in [1.807, 2.05) is 32.8 Å². The van der Waals surface area contributed by atoms with Gasteiger partial charge in [0.05, 0.1) is 17.7 Å². The molecule has 2 heterocycles. The van der Waals surface area contributed by atoms with Gasteiger partial charge in [0.1, 0.15) is 11.5 Å². The highest BCUT2D eigenvalue weighted by Crippen LogP contribution is 2.43. The number of nitrogens with zero attached hydrogens (tertiary/aromatic N) is 2. The van der Waals surface area contributed by atoms with Gasteiger partial charge in [-0.15, -0.1) is 0 Å². The minimum Gasteiger partial charge on any atom is -0.507 e. The number of benzene rings is 2. The lowest BCUT2D eigenvalue weighted by Crippen LogP contribution is -2.32. The smallest absolute Gasteiger partial charge is 0.295 e. The van der Waals surface area contributed by atoms with Crippen LogP contribution in [0.2, 0.25) is 0 Å². The van der Waals surface area contributed by atoms with Crippen molar-refractivity contribution in [2.24, 2.45) is 0 Å². The summed E-state index contributed by atoms with van der Waals surface area (Å²) in [4.78, 5) is 29.8. The second-order valence-electron chi connectivity index (χ2n) is 8.95. The van der Waals surface area contributed by atoms with Crippen molar-refractivity contribution in [1.29, 1.82) is 0 Å². The van der Waals surface area contributed by atoms with Crippen LogP contribution in [0.5, 0.6) is 17.2 Å². The predicted octanol–water partition coefficient (Wildman–Crippen LogP) is 3.58. The first-order chi connectivity index (χ1) is 16.3. The molecule has 34 heavy (non-hydrogen) atoms. The molecule has 1 atom stereocenters. The summed E-state index contributed by atoms with van der Waals surface area (Å²) in [5, 5.41) is 11.2. The van der Waals surface area contributed by atoms with Gasteiger partial charge in [0, 0.05) is 12.1 Å². The van der Waals surface area contributed by atoms with Gasteiger partial charge in [-0.2, -0.15) is 0 Å². The number of aliphatic hydroxyl groups excluding tert-OH is 1. The molecule has 1 fully saturated rings. The number of fused-ring (bicyclic) bond motifs is 1. The number of amides is 1. The van der Waals surface area contributed by atoms with Crippen molar-refractivity contribution in [2.45, 2.75) is 32.4 Å². The highest BCUT2D eigenvalue weighted by Gasteiger charge is 2.46. The van der Waals surface area contributed by atoms with Gasteiger partial charge in [-0.25, -0.2) is 0 Å². The SMILES string of the molecule is CC(C)Oc1ccc(C(O)=C2C(=O)C(=O)N(CCCN(C)C)[C@H]2c2ccc3c(c2)OCO3)cc1. The number of rotatable bonds is 8. The number of likely N-dealkylation sites (tertiary alicyclic amines) is 1. The summed E-state index contributed by atoms with van der Waals surface area (Å²) in [5.74, 6) is 0.270. The van der Waals surface area contributed by atoms with Crippen LogP contribution in [0, 0.1) is 0 Å². The molecule has 1 N–H and O–H groups in total. The number of hydrogen-bond donors (Lipinski definition) is 1. The van der Waals surface area contributed by atoms with Crippen molar-refractivity contribution >= 4 is 17.4 Å². The van der Waals surface area contributed by atoms with Crippen molar-refractivity contribution in [3.63, 3.8) is 0 Å². The average molecular weight is 467 g/mol. The summed E-state index contributed by atoms with van der Waals surface area (Å²) in [7, 11) is 3.91. The third-order valence-corrected chi connectivity index (χ3v) is 5.76. The van der Waals surface area contributed by atoms with Crippen molar-refractivity contribution in [3.05, 3.63) is 59.2 Å². The van der Waals surface area contributed by atoms with Crippen LogP contribution >= 0.6 is 0 Å². The normalized spacial score (nSPS) is 18.9. The number of hydrogen-bond acceptors (Lipinski definition) is 7. The van der Waals surface area contributed by atoms with Gasteiger partial charge >= 0.3 is 0 Å². The van der Waals surface area contributed by atoms with Crippen LogP contribution in [0.3, 0.4) is 0 Å². The Morgan fingerprint density at radius 3 is 2.50 bits per heavy atom. The van der Waals surface area contributed by atoms with E-state index in [-0.39, 0.29) is 24.2 Å². The molecule has 0 aromatic heterocycles. The van der Waals surface area contributed by atoms with E-state index in [0.29, 0.717) is 41.3 Å². The number of Topliss-reactive ketones (excluding diaryl/α,β-unsaturated/α-hetero) is 1. The number of carbonyl (C=O) groups excluding carboxylic acids is 2. The Labute approximate surface area is 199 Å². The second-order valence-corrected chi connectivity index (χ2v) is 8.95. The van der Waals surface area contributed by atoms with Crippen LogP contribution in [-0.4, -0.2) is 66.7 Å². The molecule has 2 aliphatic rings. The third-order valence-electron chi connectivity index (χ3n) is 5.76. The Kier molecular flexibility index (Phi) is 6.79. The molecule has 2 aromatic rings. The standard InChI is InChI=1S/C26H30N2O6/c1-16(2)34-19-9-6-17(7-10-19)24(29)22-23(18-8-11-20-21(14-18)33-15-32-20)28(26(31)25(22)30)13-5-12-27(3)4/h6-11,14,16,23,29H,5,12-13,15H2,1-4H3/t23-/m0/s1. The van der Waals surface area contributed by atoms with Crippen LogP contribution in [0.25, 0.3) is 5.76 Å². The Bertz CT molecular complexity index is 1110. The Morgan fingerprint density at radius 2 is 1.82 bits per heavy atom. The van der Waals surface area contributed by atoms with Gasteiger partial charge in [0.2, 0.25) is 6.79 Å². The van der Waals surface area contributed by atoms with Crippen LogP contribution < -0.4 is 14.2 Å². The molecular weight excluding hydrogens is 436 g/mol. The van der Waals surface area contributed by atoms with E-state index in [0.717, 1.165) is 6.54 Å². The van der Waals surface area contributed by atoms with Crippen molar-refractivity contribution in [3.8, 4) is 17.2 Å². The Morgan fingerprint density at radius 1 is 1.12 bits per heavy atom. The lowest BCUT2D eigenvalue weighted by atomic mass is 9.95. The first kappa shape index (κ1) is 23.6. The topological polar surface area (TPSA) is 88.5 Å². The molecule has 0 bridgehead atoms. The molecule has 0 saturated carbocycles. The summed E-state index contributed by atoms with van der Waals surface area (Å²) in [5.41, 5.74) is 1.18. The van der Waals surface area contributed by atoms with Gasteiger partial charge in [-0.3, -0.25) is 9.59 Å². The molecule has 2 aliphatic heterocycles. The van der Waals surface area contributed by atoms with E-state index in [9.17, 15) is 14.7 Å². The largest absolute Gasteiger partial charge is 0.507 e. The summed E-state index contributed by atoms with van der Waals surface area (Å²) in [6.07, 6.45) is 0.695. The molecule has 1 saturated heterocycles. The molecule has 1 amide bonds. The van der Waals surface area contributed by atoms with E-state index in [2.05, 4.69) is 0 Å². The molecule has 0 spiro atoms. The second kappa shape index (κ2) is 9.77. The maximum atomic E-state index is 13.2. The fourth-order valence-corrected chi connectivity index (χ4v) is 4.22. The number of aliphatic hydroxyl groups is 1. The van der Waals surface area contributed by atoms with E-state index in [1.165, 1.54) is 4.90 Å². The highest BCUT2D eigenvalue weighted by molar-refractivity contribution is 6.46. The minimum atomic E-state index is -0.733. The van der Waals surface area contributed by atoms with Gasteiger partial charge in [0.25, 0.3) is 11.7 Å². The number of ketones is 1. The van der Waals surface area contributed by atoms with Gasteiger partial charge in [-0.05, 0) is 82.9 Å². The zero-order valence-corrected chi connectivity index (χ0v) is 19.9. The van der Waals surface area contributed by atoms with Gasteiger partial charge in [-0.1, -0.05) is 6.07 Å². The Balaban J connectivity index is 1.75. The van der Waals surface area contributed by atoms with Crippen LogP contribution in [0.4, 0.5) is 0 Å². The van der Waals surface area contributed by atoms with Gasteiger partial charge in [0.15, 0.2) is 11.5 Å². The van der Waals surface area contributed by atoms with E-state index in [4.69, 9.17) is 14.2 Å². The molecular formula is C26H30N2O6. The summed E-state index contributed by atoms with van der Waals surface area (Å²) in [6, 6.07) is 11.4.